The maximum absolute atomic E-state index is 12.6. The summed E-state index contributed by atoms with van der Waals surface area (Å²) in [5, 5.41) is 42.0. The molecule has 6 nitrogen and oxygen atoms in total. The molecule has 6 heteroatoms. The van der Waals surface area contributed by atoms with Crippen molar-refractivity contribution in [3.8, 4) is 11.5 Å². The molecule has 0 bridgehead atoms. The molecule has 0 aliphatic rings. The average molecular weight is 603 g/mol. The summed E-state index contributed by atoms with van der Waals surface area (Å²) in [6.07, 6.45) is 1.85. The molecule has 3 aromatic rings. The molecule has 44 heavy (non-hydrogen) atoms. The van der Waals surface area contributed by atoms with Crippen LogP contribution in [0.15, 0.2) is 48.5 Å². The van der Waals surface area contributed by atoms with Crippen LogP contribution < -0.4 is 0 Å². The van der Waals surface area contributed by atoms with Crippen LogP contribution in [-0.2, 0) is 44.1 Å². The van der Waals surface area contributed by atoms with Gasteiger partial charge in [-0.1, -0.05) is 90.1 Å². The highest BCUT2D eigenvalue weighted by Crippen LogP contribution is 2.41. The molecular weight excluding hydrogens is 552 g/mol. The van der Waals surface area contributed by atoms with Crippen molar-refractivity contribution in [3.05, 3.63) is 93.0 Å². The molecule has 3 rings (SSSR count). The Balaban J connectivity index is 1.81. The summed E-state index contributed by atoms with van der Waals surface area (Å²) in [4.78, 5) is 25.2. The standard InChI is InChI=1S/C38H50O6/c1-23-19-27(21-29(31(23)39)35(3,4)5)37(9,33(41)42)17-15-25-11-13-26(14-12-25)16-18-38(10,34(43)44)28-20-24(2)32(40)30(22-28)36(6,7)8/h11-14,19-22,39-40H,15-18H2,1-10H3,(H,41,42)(H,43,44). The summed E-state index contributed by atoms with van der Waals surface area (Å²) in [5.74, 6) is -1.41. The smallest absolute Gasteiger partial charge is 0.313 e. The third kappa shape index (κ3) is 7.11. The van der Waals surface area contributed by atoms with E-state index in [4.69, 9.17) is 0 Å². The largest absolute Gasteiger partial charge is 0.507 e. The first kappa shape index (κ1) is 34.7. The number of benzene rings is 3. The Labute approximate surface area is 262 Å². The number of aromatic hydroxyl groups is 2. The lowest BCUT2D eigenvalue weighted by Gasteiger charge is -2.30. The fourth-order valence-electron chi connectivity index (χ4n) is 5.75. The van der Waals surface area contributed by atoms with Gasteiger partial charge in [-0.2, -0.15) is 0 Å². The first-order valence-corrected chi connectivity index (χ1v) is 15.3. The molecule has 3 aromatic carbocycles. The minimum absolute atomic E-state index is 0.207. The lowest BCUT2D eigenvalue weighted by molar-refractivity contribution is -0.144. The number of aryl methyl sites for hydroxylation is 4. The lowest BCUT2D eigenvalue weighted by atomic mass is 9.74. The second kappa shape index (κ2) is 12.3. The molecule has 0 amide bonds. The maximum Gasteiger partial charge on any atom is 0.313 e. The van der Waals surface area contributed by atoms with Crippen molar-refractivity contribution >= 4 is 11.9 Å². The molecule has 0 aromatic heterocycles. The van der Waals surface area contributed by atoms with Crippen molar-refractivity contribution in [3.63, 3.8) is 0 Å². The first-order chi connectivity index (χ1) is 20.1. The second-order valence-electron chi connectivity index (χ2n) is 15.0. The van der Waals surface area contributed by atoms with Crippen LogP contribution in [-0.4, -0.2) is 32.4 Å². The van der Waals surface area contributed by atoms with Crippen molar-refractivity contribution in [2.24, 2.45) is 0 Å². The Morgan fingerprint density at radius 3 is 1.11 bits per heavy atom. The third-order valence-corrected chi connectivity index (χ3v) is 9.29. The maximum atomic E-state index is 12.6. The van der Waals surface area contributed by atoms with Crippen LogP contribution in [0.25, 0.3) is 0 Å². The monoisotopic (exact) mass is 602 g/mol. The molecule has 0 aliphatic carbocycles. The molecule has 0 saturated heterocycles. The number of hydrogen-bond acceptors (Lipinski definition) is 4. The quantitative estimate of drug-likeness (QED) is 0.186. The van der Waals surface area contributed by atoms with Crippen LogP contribution in [0, 0.1) is 13.8 Å². The van der Waals surface area contributed by atoms with E-state index in [0.717, 1.165) is 22.3 Å². The van der Waals surface area contributed by atoms with Crippen LogP contribution in [0.3, 0.4) is 0 Å². The summed E-state index contributed by atoms with van der Waals surface area (Å²) >= 11 is 0. The molecule has 2 atom stereocenters. The average Bonchev–Trinajstić information content (AvgIpc) is 2.92. The van der Waals surface area contributed by atoms with E-state index in [1.54, 1.807) is 39.8 Å². The van der Waals surface area contributed by atoms with Gasteiger partial charge in [0.15, 0.2) is 0 Å². The zero-order valence-corrected chi connectivity index (χ0v) is 28.1. The van der Waals surface area contributed by atoms with Crippen molar-refractivity contribution in [1.29, 1.82) is 0 Å². The predicted octanol–water partition coefficient (Wildman–Crippen LogP) is 8.26. The topological polar surface area (TPSA) is 115 Å². The van der Waals surface area contributed by atoms with E-state index in [1.165, 1.54) is 0 Å². The molecule has 0 fully saturated rings. The Hall–Kier alpha value is -3.80. The van der Waals surface area contributed by atoms with Crippen molar-refractivity contribution in [2.45, 2.75) is 117 Å². The molecule has 0 saturated carbocycles. The van der Waals surface area contributed by atoms with Gasteiger partial charge >= 0.3 is 11.9 Å². The highest BCUT2D eigenvalue weighted by Gasteiger charge is 2.38. The molecule has 4 N–H and O–H groups in total. The zero-order chi connectivity index (χ0) is 33.4. The summed E-state index contributed by atoms with van der Waals surface area (Å²) in [6.45, 7) is 19.1. The second-order valence-corrected chi connectivity index (χ2v) is 15.0. The number of hydrogen-bond donors (Lipinski definition) is 4. The number of aliphatic carboxylic acids is 2. The highest BCUT2D eigenvalue weighted by atomic mass is 16.4. The van der Waals surface area contributed by atoms with Crippen molar-refractivity contribution in [1.82, 2.24) is 0 Å². The summed E-state index contributed by atoms with van der Waals surface area (Å²) in [7, 11) is 0. The van der Waals surface area contributed by atoms with Crippen LogP contribution in [0.2, 0.25) is 0 Å². The van der Waals surface area contributed by atoms with Gasteiger partial charge in [-0.15, -0.1) is 0 Å². The number of carboxylic acids is 2. The first-order valence-electron chi connectivity index (χ1n) is 15.3. The van der Waals surface area contributed by atoms with Gasteiger partial charge in [0.25, 0.3) is 0 Å². The van der Waals surface area contributed by atoms with Crippen LogP contribution in [0.4, 0.5) is 0 Å². The Morgan fingerprint density at radius 1 is 0.568 bits per heavy atom. The van der Waals surface area contributed by atoms with E-state index in [1.807, 2.05) is 77.9 Å². The van der Waals surface area contributed by atoms with Gasteiger partial charge in [0.2, 0.25) is 0 Å². The van der Waals surface area contributed by atoms with E-state index >= 15 is 0 Å². The summed E-state index contributed by atoms with van der Waals surface area (Å²) < 4.78 is 0. The number of rotatable bonds is 10. The minimum atomic E-state index is -1.14. The molecule has 2 unspecified atom stereocenters. The van der Waals surface area contributed by atoms with Gasteiger partial charge < -0.3 is 20.4 Å². The van der Waals surface area contributed by atoms with Gasteiger partial charge in [-0.3, -0.25) is 9.59 Å². The van der Waals surface area contributed by atoms with Gasteiger partial charge in [0, 0.05) is 0 Å². The summed E-state index contributed by atoms with van der Waals surface area (Å²) in [6, 6.07) is 15.2. The fourth-order valence-corrected chi connectivity index (χ4v) is 5.75. The Kier molecular flexibility index (Phi) is 9.70. The molecule has 0 heterocycles. The van der Waals surface area contributed by atoms with E-state index < -0.39 is 22.8 Å². The van der Waals surface area contributed by atoms with Crippen LogP contribution in [0.5, 0.6) is 11.5 Å². The zero-order valence-electron chi connectivity index (χ0n) is 28.1. The number of carboxylic acid groups (broad SMARTS) is 2. The molecule has 238 valence electrons. The van der Waals surface area contributed by atoms with Gasteiger partial charge in [-0.05, 0) is 109 Å². The van der Waals surface area contributed by atoms with E-state index in [-0.39, 0.29) is 22.3 Å². The van der Waals surface area contributed by atoms with Gasteiger partial charge in [0.05, 0.1) is 10.8 Å². The Morgan fingerprint density at radius 2 is 0.864 bits per heavy atom. The minimum Gasteiger partial charge on any atom is -0.507 e. The highest BCUT2D eigenvalue weighted by molar-refractivity contribution is 5.82. The van der Waals surface area contributed by atoms with Crippen molar-refractivity contribution in [2.75, 3.05) is 0 Å². The van der Waals surface area contributed by atoms with E-state index in [9.17, 15) is 30.0 Å². The van der Waals surface area contributed by atoms with Crippen molar-refractivity contribution < 1.29 is 30.0 Å². The van der Waals surface area contributed by atoms with Crippen LogP contribution >= 0.6 is 0 Å². The molecule has 0 radical (unpaired) electrons. The molecule has 0 aliphatic heterocycles. The fraction of sp³-hybridized carbons (Fsp3) is 0.474. The molecular formula is C38H50O6. The van der Waals surface area contributed by atoms with Gasteiger partial charge in [0.1, 0.15) is 11.5 Å². The van der Waals surface area contributed by atoms with E-state index in [2.05, 4.69) is 0 Å². The molecule has 0 spiro atoms. The number of phenols is 2. The SMILES string of the molecule is Cc1cc(C(C)(CCc2ccc(CCC(C)(C(=O)O)c3cc(C)c(O)c(C(C)(C)C)c3)cc2)C(=O)O)cc(C(C)(C)C)c1O. The Bertz CT molecular complexity index is 1420. The third-order valence-electron chi connectivity index (χ3n) is 9.29. The lowest BCUT2D eigenvalue weighted by Crippen LogP contribution is -2.34. The normalized spacial score (nSPS) is 15.0. The predicted molar refractivity (Wildman–Crippen MR) is 176 cm³/mol. The number of phenolic OH excluding ortho intramolecular Hbond substituents is 2. The van der Waals surface area contributed by atoms with Gasteiger partial charge in [-0.25, -0.2) is 0 Å². The van der Waals surface area contributed by atoms with Crippen LogP contribution in [0.1, 0.15) is 113 Å². The summed E-state index contributed by atoms with van der Waals surface area (Å²) in [5.41, 5.74) is 3.16. The van der Waals surface area contributed by atoms with E-state index in [0.29, 0.717) is 47.9 Å². The number of carbonyl (C=O) groups is 2.